The van der Waals surface area contributed by atoms with Crippen molar-refractivity contribution in [2.75, 3.05) is 37.8 Å². The van der Waals surface area contributed by atoms with Crippen LogP contribution in [0, 0.1) is 5.41 Å². The molecule has 2 amide bonds. The van der Waals surface area contributed by atoms with Gasteiger partial charge in [-0.2, -0.15) is 4.31 Å². The number of nitrogen functional groups attached to an aromatic ring is 1. The number of carbonyl (C=O) groups is 3. The number of nitrogens with two attached hydrogens (primary N) is 1. The Hall–Kier alpha value is -2.96. The minimum absolute atomic E-state index is 0.0320. The number of hydrogen-bond acceptors (Lipinski definition) is 18. The summed E-state index contributed by atoms with van der Waals surface area (Å²) in [6.07, 6.45) is 11.8. The van der Waals surface area contributed by atoms with Gasteiger partial charge in [-0.1, -0.05) is 82.5 Å². The second-order valence-corrected chi connectivity index (χ2v) is 21.0. The van der Waals surface area contributed by atoms with Crippen molar-refractivity contribution in [2.24, 2.45) is 5.41 Å². The molecule has 368 valence electrons. The first-order valence-electron chi connectivity index (χ1n) is 20.9. The van der Waals surface area contributed by atoms with Gasteiger partial charge in [0, 0.05) is 37.1 Å². The fourth-order valence-corrected chi connectivity index (χ4v) is 9.65. The predicted octanol–water partition coefficient (Wildman–Crippen LogP) is 3.70. The lowest BCUT2D eigenvalue weighted by atomic mass is 9.87. The summed E-state index contributed by atoms with van der Waals surface area (Å²) in [5.74, 6) is -1.05. The molecule has 0 saturated carbocycles. The van der Waals surface area contributed by atoms with Gasteiger partial charge in [0.05, 0.1) is 19.5 Å². The van der Waals surface area contributed by atoms with Crippen molar-refractivity contribution in [3.63, 3.8) is 0 Å². The highest BCUT2D eigenvalue weighted by Crippen LogP contribution is 2.61. The van der Waals surface area contributed by atoms with Crippen LogP contribution in [0.1, 0.15) is 97.6 Å². The summed E-state index contributed by atoms with van der Waals surface area (Å²) in [5.41, 5.74) is 4.28. The number of phosphoric ester groups is 3. The minimum atomic E-state index is -5.58. The summed E-state index contributed by atoms with van der Waals surface area (Å²) in [5, 5.41) is 26.6. The van der Waals surface area contributed by atoms with Gasteiger partial charge >= 0.3 is 23.5 Å². The Morgan fingerprint density at radius 3 is 2.32 bits per heavy atom. The molecule has 0 spiro atoms. The molecule has 10 N–H and O–H groups in total. The van der Waals surface area contributed by atoms with Crippen molar-refractivity contribution in [2.45, 2.75) is 122 Å². The maximum absolute atomic E-state index is 12.7. The van der Waals surface area contributed by atoms with E-state index in [0.717, 1.165) is 86.8 Å². The molecule has 1 aliphatic rings. The van der Waals surface area contributed by atoms with Crippen LogP contribution < -0.4 is 16.4 Å². The molecule has 0 aliphatic carbocycles. The number of nitrogens with zero attached hydrogens (tertiary/aromatic N) is 4. The summed E-state index contributed by atoms with van der Waals surface area (Å²) >= 11 is 1.14. The molecule has 24 nitrogen and oxygen atoms in total. The predicted molar refractivity (Wildman–Crippen MR) is 237 cm³/mol. The normalized spacial score (nSPS) is 20.6. The highest BCUT2D eigenvalue weighted by molar-refractivity contribution is 8.13. The molecule has 2 aromatic rings. The Labute approximate surface area is 381 Å². The van der Waals surface area contributed by atoms with Crippen LogP contribution in [-0.4, -0.2) is 123 Å². The van der Waals surface area contributed by atoms with Gasteiger partial charge in [0.15, 0.2) is 22.8 Å². The molecule has 28 heteroatoms. The summed E-state index contributed by atoms with van der Waals surface area (Å²) in [6.45, 7) is 2.71. The van der Waals surface area contributed by atoms with Gasteiger partial charge in [-0.05, 0) is 32.1 Å². The first-order valence-corrected chi connectivity index (χ1v) is 26.4. The number of imidazole rings is 1. The van der Waals surface area contributed by atoms with E-state index in [1.54, 1.807) is 0 Å². The Kier molecular flexibility index (Phi) is 23.5. The van der Waals surface area contributed by atoms with Gasteiger partial charge in [-0.15, -0.1) is 0 Å². The van der Waals surface area contributed by atoms with Crippen LogP contribution in [0.4, 0.5) is 5.82 Å². The number of amides is 2. The summed E-state index contributed by atoms with van der Waals surface area (Å²) in [6, 6.07) is 0. The third-order valence-corrected chi connectivity index (χ3v) is 13.6. The Balaban J connectivity index is 1.33. The van der Waals surface area contributed by atoms with Crippen LogP contribution in [0.25, 0.3) is 11.2 Å². The number of ether oxygens (including phenoxy) is 1. The number of phosphoric acid groups is 3. The summed E-state index contributed by atoms with van der Waals surface area (Å²) in [4.78, 5) is 88.2. The molecule has 7 atom stereocenters. The third kappa shape index (κ3) is 20.4. The molecule has 1 saturated heterocycles. The molecule has 1 aliphatic heterocycles. The molecule has 0 radical (unpaired) electrons. The van der Waals surface area contributed by atoms with E-state index >= 15 is 0 Å². The number of thioether (sulfide) groups is 1. The van der Waals surface area contributed by atoms with E-state index in [4.69, 9.17) is 19.5 Å². The molecule has 2 aromatic heterocycles. The molecule has 0 aromatic carbocycles. The number of fused-ring (bicyclic) bond motifs is 1. The largest absolute Gasteiger partial charge is 0.481 e. The van der Waals surface area contributed by atoms with Gasteiger partial charge in [-0.3, -0.25) is 32.5 Å². The second kappa shape index (κ2) is 27.1. The van der Waals surface area contributed by atoms with E-state index in [-0.39, 0.29) is 41.6 Å². The number of allylic oxidation sites excluding steroid dienone is 4. The van der Waals surface area contributed by atoms with Gasteiger partial charge in [-0.25, -0.2) is 28.6 Å². The van der Waals surface area contributed by atoms with E-state index in [1.165, 1.54) is 13.8 Å². The van der Waals surface area contributed by atoms with Crippen molar-refractivity contribution in [3.8, 4) is 0 Å². The maximum atomic E-state index is 12.7. The van der Waals surface area contributed by atoms with Crippen molar-refractivity contribution < 1.29 is 80.5 Å². The number of aliphatic hydroxyl groups is 2. The molecule has 3 heterocycles. The number of nitrogens with one attached hydrogen (secondary N) is 2. The van der Waals surface area contributed by atoms with E-state index in [2.05, 4.69) is 65.6 Å². The fourth-order valence-electron chi connectivity index (χ4n) is 6.10. The summed E-state index contributed by atoms with van der Waals surface area (Å²) < 4.78 is 62.4. The molecule has 2 unspecified atom stereocenters. The smallest absolute Gasteiger partial charge is 0.386 e. The van der Waals surface area contributed by atoms with E-state index in [1.807, 2.05) is 0 Å². The molecule has 65 heavy (non-hydrogen) atoms. The average Bonchev–Trinajstić information content (AvgIpc) is 3.79. The van der Waals surface area contributed by atoms with Gasteiger partial charge in [0.2, 0.25) is 11.8 Å². The SMILES string of the molecule is CCC/C=C\C/C=C\CCCCCCCC(=O)SCCNC(=O)CCNC(=O)[C@H](O)C(C)(C)COP(=O)(O)OP(=O)(O)OC[C@H]1O[C@@H](n2cnc3c(N)ncnc32)[C@H](O)[C@@H]1OP(=O)(O)O. The quantitative estimate of drug-likeness (QED) is 0.0295. The third-order valence-electron chi connectivity index (χ3n) is 9.58. The Bertz CT molecular complexity index is 2050. The zero-order valence-electron chi connectivity index (χ0n) is 36.5. The second-order valence-electron chi connectivity index (χ2n) is 15.6. The topological polar surface area (TPSA) is 364 Å². The summed E-state index contributed by atoms with van der Waals surface area (Å²) in [7, 11) is -16.4. The number of aromatic nitrogens is 4. The van der Waals surface area contributed by atoms with Crippen LogP contribution in [0.3, 0.4) is 0 Å². The number of unbranched alkanes of at least 4 members (excludes halogenated alkanes) is 6. The van der Waals surface area contributed by atoms with Crippen molar-refractivity contribution in [3.05, 3.63) is 37.0 Å². The Morgan fingerprint density at radius 2 is 1.62 bits per heavy atom. The van der Waals surface area contributed by atoms with Crippen molar-refractivity contribution in [1.29, 1.82) is 0 Å². The zero-order chi connectivity index (χ0) is 48.3. The first kappa shape index (κ1) is 56.4. The number of aliphatic hydroxyl groups excluding tert-OH is 2. The van der Waals surface area contributed by atoms with Crippen LogP contribution in [0.15, 0.2) is 37.0 Å². The molecule has 1 fully saturated rings. The van der Waals surface area contributed by atoms with E-state index in [0.29, 0.717) is 12.2 Å². The average molecular weight is 1000 g/mol. The van der Waals surface area contributed by atoms with Crippen molar-refractivity contribution in [1.82, 2.24) is 30.2 Å². The molecular formula is C37H62N7O17P3S. The number of anilines is 1. The zero-order valence-corrected chi connectivity index (χ0v) is 40.0. The molecular weight excluding hydrogens is 939 g/mol. The highest BCUT2D eigenvalue weighted by Gasteiger charge is 2.50. The van der Waals surface area contributed by atoms with Crippen LogP contribution in [0.5, 0.6) is 0 Å². The lowest BCUT2D eigenvalue weighted by molar-refractivity contribution is -0.137. The standard InChI is InChI=1S/C37H62N7O17P3S/c1-4-5-6-7-8-9-10-11-12-13-14-15-16-17-28(46)65-21-20-39-27(45)18-19-40-35(49)32(48)37(2,3)23-58-64(55,56)61-63(53,54)57-22-26-31(60-62(50,51)52)30(47)36(59-26)44-25-43-29-33(38)41-24-42-34(29)44/h6-7,9-10,24-26,30-32,36,47-48H,4-5,8,11-23H2,1-3H3,(H,39,45)(H,40,49)(H,53,54)(H,55,56)(H2,38,41,42)(H2,50,51,52)/b7-6-,10-9-/t26-,30-,31-,32+,36-/m1/s1. The van der Waals surface area contributed by atoms with Gasteiger partial charge < -0.3 is 50.9 Å². The number of carbonyl (C=O) groups excluding carboxylic acids is 3. The van der Waals surface area contributed by atoms with Gasteiger partial charge in [0.25, 0.3) is 0 Å². The van der Waals surface area contributed by atoms with E-state index in [9.17, 15) is 57.9 Å². The number of hydrogen-bond donors (Lipinski definition) is 9. The van der Waals surface area contributed by atoms with Crippen LogP contribution in [-0.2, 0) is 50.7 Å². The maximum Gasteiger partial charge on any atom is 0.481 e. The van der Waals surface area contributed by atoms with Crippen molar-refractivity contribution >= 4 is 69.1 Å². The lowest BCUT2D eigenvalue weighted by Gasteiger charge is -2.30. The fraction of sp³-hybridized carbons (Fsp3) is 0.676. The monoisotopic (exact) mass is 1000 g/mol. The first-order chi connectivity index (χ1) is 30.6. The number of rotatable bonds is 31. The van der Waals surface area contributed by atoms with E-state index < -0.39 is 84.6 Å². The lowest BCUT2D eigenvalue weighted by Crippen LogP contribution is -2.46. The van der Waals surface area contributed by atoms with Crippen LogP contribution in [0.2, 0.25) is 0 Å². The molecule has 3 rings (SSSR count). The molecule has 0 bridgehead atoms. The van der Waals surface area contributed by atoms with Crippen LogP contribution >= 0.6 is 35.2 Å². The Morgan fingerprint density at radius 1 is 0.938 bits per heavy atom. The van der Waals surface area contributed by atoms with Gasteiger partial charge in [0.1, 0.15) is 36.3 Å². The minimum Gasteiger partial charge on any atom is -0.386 e. The highest BCUT2D eigenvalue weighted by atomic mass is 32.2.